The first-order chi connectivity index (χ1) is 13.6. The Hall–Kier alpha value is -1.75. The second kappa shape index (κ2) is 7.25. The molecule has 1 amide bonds. The fourth-order valence-electron chi connectivity index (χ4n) is 6.88. The molecular formula is C23H34N3O2+. The van der Waals surface area contributed by atoms with Crippen LogP contribution >= 0.6 is 0 Å². The Morgan fingerprint density at radius 3 is 2.18 bits per heavy atom. The minimum Gasteiger partial charge on any atom is -0.497 e. The summed E-state index contributed by atoms with van der Waals surface area (Å²) in [6.45, 7) is 4.71. The van der Waals surface area contributed by atoms with Crippen LogP contribution in [0.25, 0.3) is 0 Å². The number of anilines is 1. The van der Waals surface area contributed by atoms with E-state index in [1.54, 1.807) is 7.11 Å². The van der Waals surface area contributed by atoms with E-state index in [1.807, 2.05) is 12.1 Å². The van der Waals surface area contributed by atoms with Crippen LogP contribution in [0.4, 0.5) is 5.69 Å². The number of carbonyl (C=O) groups is 1. The van der Waals surface area contributed by atoms with Gasteiger partial charge in [-0.25, -0.2) is 0 Å². The van der Waals surface area contributed by atoms with Gasteiger partial charge in [-0.1, -0.05) is 0 Å². The lowest BCUT2D eigenvalue weighted by atomic mass is 9.53. The van der Waals surface area contributed by atoms with Crippen LogP contribution in [0, 0.1) is 17.8 Å². The lowest BCUT2D eigenvalue weighted by molar-refractivity contribution is -0.892. The number of hydrogen-bond donors (Lipinski definition) is 2. The Morgan fingerprint density at radius 2 is 1.64 bits per heavy atom. The predicted molar refractivity (Wildman–Crippen MR) is 110 cm³/mol. The predicted octanol–water partition coefficient (Wildman–Crippen LogP) is 1.49. The third kappa shape index (κ3) is 3.61. The molecular weight excluding hydrogens is 350 g/mol. The normalized spacial score (nSPS) is 34.5. The average molecular weight is 385 g/mol. The third-order valence-electron chi connectivity index (χ3n) is 7.76. The molecule has 0 atom stereocenters. The van der Waals surface area contributed by atoms with E-state index < -0.39 is 0 Å². The van der Waals surface area contributed by atoms with Crippen molar-refractivity contribution in [2.24, 2.45) is 17.8 Å². The Morgan fingerprint density at radius 1 is 1.07 bits per heavy atom. The van der Waals surface area contributed by atoms with Crippen LogP contribution in [-0.4, -0.2) is 51.3 Å². The van der Waals surface area contributed by atoms with Crippen LogP contribution in [0.1, 0.15) is 38.5 Å². The van der Waals surface area contributed by atoms with Crippen molar-refractivity contribution in [3.63, 3.8) is 0 Å². The van der Waals surface area contributed by atoms with Crippen molar-refractivity contribution in [1.29, 1.82) is 0 Å². The highest BCUT2D eigenvalue weighted by atomic mass is 16.5. The number of amides is 1. The van der Waals surface area contributed by atoms with Gasteiger partial charge in [-0.2, -0.15) is 0 Å². The summed E-state index contributed by atoms with van der Waals surface area (Å²) in [5.74, 6) is 3.83. The lowest BCUT2D eigenvalue weighted by Crippen LogP contribution is -3.16. The Bertz CT molecular complexity index is 674. The van der Waals surface area contributed by atoms with E-state index in [2.05, 4.69) is 22.3 Å². The van der Waals surface area contributed by atoms with Crippen molar-refractivity contribution >= 4 is 11.6 Å². The van der Waals surface area contributed by atoms with Crippen molar-refractivity contribution < 1.29 is 14.4 Å². The zero-order valence-electron chi connectivity index (χ0n) is 17.1. The summed E-state index contributed by atoms with van der Waals surface area (Å²) in [5, 5.41) is 3.54. The van der Waals surface area contributed by atoms with Crippen molar-refractivity contribution in [1.82, 2.24) is 5.32 Å². The molecule has 0 unspecified atom stereocenters. The summed E-state index contributed by atoms with van der Waals surface area (Å²) in [7, 11) is 1.70. The second-order valence-electron chi connectivity index (χ2n) is 9.86. The smallest absolute Gasteiger partial charge is 0.275 e. The van der Waals surface area contributed by atoms with Gasteiger partial charge < -0.3 is 19.9 Å². The minimum atomic E-state index is 0.149. The van der Waals surface area contributed by atoms with Crippen LogP contribution in [0.5, 0.6) is 5.75 Å². The van der Waals surface area contributed by atoms with Gasteiger partial charge in [-0.15, -0.1) is 0 Å². The van der Waals surface area contributed by atoms with Gasteiger partial charge in [0, 0.05) is 11.2 Å². The van der Waals surface area contributed by atoms with E-state index in [0.717, 1.165) is 49.7 Å². The zero-order valence-corrected chi connectivity index (χ0v) is 17.1. The number of benzene rings is 1. The maximum absolute atomic E-state index is 12.9. The first-order valence-electron chi connectivity index (χ1n) is 11.1. The van der Waals surface area contributed by atoms with Crippen molar-refractivity contribution in [3.8, 4) is 5.75 Å². The van der Waals surface area contributed by atoms with Gasteiger partial charge >= 0.3 is 0 Å². The van der Waals surface area contributed by atoms with Crippen LogP contribution < -0.4 is 19.9 Å². The molecule has 5 heteroatoms. The first kappa shape index (κ1) is 18.3. The van der Waals surface area contributed by atoms with Crippen molar-refractivity contribution in [2.75, 3.05) is 44.7 Å². The number of piperazine rings is 1. The molecule has 4 bridgehead atoms. The third-order valence-corrected chi connectivity index (χ3v) is 7.76. The molecule has 2 N–H and O–H groups in total. The highest BCUT2D eigenvalue weighted by molar-refractivity contribution is 5.77. The fourth-order valence-corrected chi connectivity index (χ4v) is 6.88. The molecule has 1 aliphatic heterocycles. The monoisotopic (exact) mass is 384 g/mol. The molecule has 152 valence electrons. The van der Waals surface area contributed by atoms with E-state index in [4.69, 9.17) is 4.74 Å². The van der Waals surface area contributed by atoms with Gasteiger partial charge in [-0.3, -0.25) is 4.79 Å². The molecule has 0 aromatic heterocycles. The Labute approximate surface area is 168 Å². The topological polar surface area (TPSA) is 46.0 Å². The standard InChI is InChI=1S/C23H33N3O2/c1-28-21-4-2-20(3-5-21)26-8-6-25(7-9-26)16-22(27)24-23-13-17-10-18(14-23)12-19(11-17)15-23/h2-5,17-19H,6-16H2,1H3,(H,24,27)/p+1. The highest BCUT2D eigenvalue weighted by Crippen LogP contribution is 2.55. The number of hydrogen-bond acceptors (Lipinski definition) is 3. The quantitative estimate of drug-likeness (QED) is 0.809. The number of methoxy groups -OCH3 is 1. The van der Waals surface area contributed by atoms with Crippen LogP contribution in [0.2, 0.25) is 0 Å². The molecule has 4 saturated carbocycles. The van der Waals surface area contributed by atoms with Gasteiger partial charge in [0.25, 0.3) is 5.91 Å². The number of ether oxygens (including phenoxy) is 1. The maximum atomic E-state index is 12.9. The van der Waals surface area contributed by atoms with Gasteiger partial charge in [0.05, 0.1) is 33.3 Å². The van der Waals surface area contributed by atoms with E-state index in [1.165, 1.54) is 49.1 Å². The summed E-state index contributed by atoms with van der Waals surface area (Å²) < 4.78 is 5.25. The average Bonchev–Trinajstić information content (AvgIpc) is 2.67. The summed E-state index contributed by atoms with van der Waals surface area (Å²) in [6, 6.07) is 8.30. The molecule has 5 aliphatic rings. The summed E-state index contributed by atoms with van der Waals surface area (Å²) in [5.41, 5.74) is 1.40. The Balaban J connectivity index is 1.12. The van der Waals surface area contributed by atoms with Gasteiger partial charge in [0.15, 0.2) is 6.54 Å². The van der Waals surface area contributed by atoms with Crippen molar-refractivity contribution in [2.45, 2.75) is 44.1 Å². The maximum Gasteiger partial charge on any atom is 0.275 e. The van der Waals surface area contributed by atoms with Crippen LogP contribution in [0.3, 0.4) is 0 Å². The van der Waals surface area contributed by atoms with Gasteiger partial charge in [0.1, 0.15) is 5.75 Å². The SMILES string of the molecule is COc1ccc(N2CC[NH+](CC(=O)NC34CC5CC(CC(C5)C3)C4)CC2)cc1. The molecule has 1 heterocycles. The number of quaternary nitrogens is 1. The molecule has 1 aromatic rings. The molecule has 1 aromatic carbocycles. The van der Waals surface area contributed by atoms with E-state index in [9.17, 15) is 4.79 Å². The lowest BCUT2D eigenvalue weighted by Gasteiger charge is -2.56. The number of carbonyl (C=O) groups excluding carboxylic acids is 1. The number of nitrogens with zero attached hydrogens (tertiary/aromatic N) is 1. The molecule has 28 heavy (non-hydrogen) atoms. The summed E-state index contributed by atoms with van der Waals surface area (Å²) in [4.78, 5) is 16.7. The first-order valence-corrected chi connectivity index (χ1v) is 11.1. The fraction of sp³-hybridized carbons (Fsp3) is 0.696. The molecule has 5 fully saturated rings. The molecule has 0 spiro atoms. The van der Waals surface area contributed by atoms with E-state index in [0.29, 0.717) is 6.54 Å². The Kier molecular flexibility index (Phi) is 4.74. The van der Waals surface area contributed by atoms with Crippen LogP contribution in [-0.2, 0) is 4.79 Å². The summed E-state index contributed by atoms with van der Waals surface area (Å²) in [6.07, 6.45) is 8.00. The number of nitrogens with one attached hydrogen (secondary N) is 2. The summed E-state index contributed by atoms with van der Waals surface area (Å²) >= 11 is 0. The molecule has 1 saturated heterocycles. The zero-order chi connectivity index (χ0) is 19.1. The molecule has 4 aliphatic carbocycles. The second-order valence-corrected chi connectivity index (χ2v) is 9.86. The van der Waals surface area contributed by atoms with Gasteiger partial charge in [-0.05, 0) is 80.5 Å². The molecule has 0 radical (unpaired) electrons. The molecule has 6 rings (SSSR count). The number of rotatable bonds is 5. The molecule has 5 nitrogen and oxygen atoms in total. The highest BCUT2D eigenvalue weighted by Gasteiger charge is 2.51. The van der Waals surface area contributed by atoms with E-state index >= 15 is 0 Å². The minimum absolute atomic E-state index is 0.149. The largest absolute Gasteiger partial charge is 0.497 e. The van der Waals surface area contributed by atoms with E-state index in [-0.39, 0.29) is 11.4 Å². The van der Waals surface area contributed by atoms with Gasteiger partial charge in [0.2, 0.25) is 0 Å². The van der Waals surface area contributed by atoms with Crippen LogP contribution in [0.15, 0.2) is 24.3 Å². The van der Waals surface area contributed by atoms with Crippen molar-refractivity contribution in [3.05, 3.63) is 24.3 Å².